The number of fused-ring (bicyclic) bond motifs is 1. The van der Waals surface area contributed by atoms with Crippen LogP contribution in [-0.2, 0) is 21.3 Å². The molecule has 1 saturated carbocycles. The fraction of sp³-hybridized carbons (Fsp3) is 0.370. The van der Waals surface area contributed by atoms with Crippen molar-refractivity contribution < 1.29 is 41.3 Å². The maximum atomic E-state index is 15.3. The van der Waals surface area contributed by atoms with Crippen molar-refractivity contribution in [1.29, 1.82) is 5.26 Å². The fourth-order valence-corrected chi connectivity index (χ4v) is 9.88. The van der Waals surface area contributed by atoms with Crippen molar-refractivity contribution in [3.8, 4) is 22.9 Å². The molecule has 0 amide bonds. The zero-order valence-corrected chi connectivity index (χ0v) is 39.2. The number of hydrogen-bond donors (Lipinski definition) is 0. The van der Waals surface area contributed by atoms with Crippen LogP contribution in [0.25, 0.3) is 21.3 Å². The largest absolute Gasteiger partial charge is 0.488 e. The van der Waals surface area contributed by atoms with Gasteiger partial charge in [0.05, 0.1) is 59.5 Å². The van der Waals surface area contributed by atoms with Crippen molar-refractivity contribution in [3.63, 3.8) is 0 Å². The van der Waals surface area contributed by atoms with Crippen LogP contribution in [0, 0.1) is 46.9 Å². The minimum Gasteiger partial charge on any atom is -0.488 e. The summed E-state index contributed by atoms with van der Waals surface area (Å²) < 4.78 is 85.3. The molecule has 1 aliphatic carbocycles. The number of rotatable bonds is 18. The van der Waals surface area contributed by atoms with Gasteiger partial charge in [0.2, 0.25) is 0 Å². The predicted molar refractivity (Wildman–Crippen MR) is 256 cm³/mol. The van der Waals surface area contributed by atoms with Crippen molar-refractivity contribution in [2.45, 2.75) is 83.3 Å². The lowest BCUT2D eigenvalue weighted by Gasteiger charge is -2.40. The molecule has 0 bridgehead atoms. The van der Waals surface area contributed by atoms with Crippen LogP contribution in [0.5, 0.6) is 5.75 Å². The Morgan fingerprint density at radius 2 is 1.66 bits per heavy atom. The molecule has 8 rings (SSSR count). The molecule has 0 radical (unpaired) electrons. The van der Waals surface area contributed by atoms with Gasteiger partial charge in [-0.25, -0.2) is 22.4 Å². The molecule has 2 fully saturated rings. The fourth-order valence-electron chi connectivity index (χ4n) is 8.77. The first kappa shape index (κ1) is 48.3. The average Bonchev–Trinajstić information content (AvgIpc) is 3.62. The van der Waals surface area contributed by atoms with Gasteiger partial charge in [-0.15, -0.1) is 0 Å². The van der Waals surface area contributed by atoms with Crippen LogP contribution in [0.15, 0.2) is 101 Å². The molecule has 3 atom stereocenters. The Morgan fingerprint density at radius 3 is 2.35 bits per heavy atom. The number of benzene rings is 5. The van der Waals surface area contributed by atoms with Crippen LogP contribution in [-0.4, -0.2) is 61.9 Å². The van der Waals surface area contributed by atoms with Crippen LogP contribution in [0.1, 0.15) is 96.8 Å². The number of unbranched alkanes of at least 4 members (excludes halogenated alkanes) is 3. The molecule has 14 heteroatoms. The van der Waals surface area contributed by atoms with Gasteiger partial charge in [0, 0.05) is 43.2 Å². The van der Waals surface area contributed by atoms with E-state index in [2.05, 4.69) is 11.9 Å². The number of thiazole rings is 1. The number of carbonyl (C=O) groups excluding carboxylic acids is 1. The number of nitriles is 1. The SMILES string of the molecule is CCC1(COCCCCCCOc2c(F)cc(C(=O)OC3CCC(c4ccc(-c5ccc(C)cc5F)cc4)C(N=c4sc5cc(N=Cc6ccc(C#N)c(F)c6)ccc5n4C)C3)cc2F)COC1. The predicted octanol–water partition coefficient (Wildman–Crippen LogP) is 12.2. The number of aromatic nitrogens is 1. The highest BCUT2D eigenvalue weighted by molar-refractivity contribution is 7.16. The molecule has 5 aromatic carbocycles. The Balaban J connectivity index is 0.951. The van der Waals surface area contributed by atoms with Gasteiger partial charge >= 0.3 is 5.97 Å². The third-order valence-electron chi connectivity index (χ3n) is 13.0. The highest BCUT2D eigenvalue weighted by Gasteiger charge is 2.37. The Labute approximate surface area is 397 Å². The minimum atomic E-state index is -0.977. The molecule has 1 aliphatic heterocycles. The number of ether oxygens (including phenoxy) is 4. The van der Waals surface area contributed by atoms with Crippen LogP contribution in [0.3, 0.4) is 0 Å². The molecule has 2 heterocycles. The monoisotopic (exact) mass is 946 g/mol. The molecule has 6 aromatic rings. The number of hydrogen-bond acceptors (Lipinski definition) is 9. The van der Waals surface area contributed by atoms with Gasteiger partial charge in [0.25, 0.3) is 0 Å². The number of carbonyl (C=O) groups is 1. The second-order valence-corrected chi connectivity index (χ2v) is 18.9. The van der Waals surface area contributed by atoms with Gasteiger partial charge in [-0.1, -0.05) is 67.1 Å². The summed E-state index contributed by atoms with van der Waals surface area (Å²) in [5.41, 5.74) is 5.01. The maximum absolute atomic E-state index is 15.3. The summed E-state index contributed by atoms with van der Waals surface area (Å²) in [5.74, 6) is -4.33. The number of esters is 1. The lowest BCUT2D eigenvalue weighted by Crippen LogP contribution is -2.45. The summed E-state index contributed by atoms with van der Waals surface area (Å²) in [7, 11) is 1.92. The summed E-state index contributed by atoms with van der Waals surface area (Å²) in [4.78, 5) is 24.1. The Hall–Kier alpha value is -6.14. The van der Waals surface area contributed by atoms with E-state index in [0.29, 0.717) is 60.5 Å². The molecule has 1 aromatic heterocycles. The first-order chi connectivity index (χ1) is 32.9. The minimum absolute atomic E-state index is 0.0395. The first-order valence-electron chi connectivity index (χ1n) is 23.1. The van der Waals surface area contributed by atoms with Crippen molar-refractivity contribution in [2.75, 3.05) is 33.0 Å². The zero-order chi connectivity index (χ0) is 47.8. The van der Waals surface area contributed by atoms with Gasteiger partial charge < -0.3 is 23.5 Å². The van der Waals surface area contributed by atoms with E-state index >= 15 is 8.78 Å². The van der Waals surface area contributed by atoms with E-state index in [0.717, 1.165) is 77.9 Å². The highest BCUT2D eigenvalue weighted by Crippen LogP contribution is 2.39. The van der Waals surface area contributed by atoms with Crippen molar-refractivity contribution in [3.05, 3.63) is 147 Å². The van der Waals surface area contributed by atoms with Gasteiger partial charge in [-0.3, -0.25) is 9.98 Å². The summed E-state index contributed by atoms with van der Waals surface area (Å²) in [6.07, 6.45) is 6.58. The smallest absolute Gasteiger partial charge is 0.338 e. The zero-order valence-electron chi connectivity index (χ0n) is 38.4. The van der Waals surface area contributed by atoms with E-state index in [4.69, 9.17) is 29.2 Å². The topological polar surface area (TPSA) is 107 Å². The standard InChI is InChI=1S/C54H54F4N4O5S/c1-4-54(32-65-33-54)31-64-21-7-5-6-8-22-66-51-46(57)25-39(26-47(51)58)52(63)67-41-17-19-43(37-14-12-36(13-15-37)42-18-9-34(2)23-45(42)56)48(28-41)61-53-62(3)49-20-16-40(27-50(49)68-53)60-30-35-10-11-38(29-59)44(55)24-35/h9-16,18,20,23-27,30,41,43,48H,4-8,17,19,21-22,28,31-33H2,1-3H3. The summed E-state index contributed by atoms with van der Waals surface area (Å²) in [6, 6.07) is 26.3. The molecule has 68 heavy (non-hydrogen) atoms. The van der Waals surface area contributed by atoms with Crippen molar-refractivity contribution >= 4 is 39.4 Å². The van der Waals surface area contributed by atoms with Crippen LogP contribution < -0.4 is 9.54 Å². The van der Waals surface area contributed by atoms with E-state index < -0.39 is 35.3 Å². The third kappa shape index (κ3) is 11.4. The third-order valence-corrected chi connectivity index (χ3v) is 14.1. The summed E-state index contributed by atoms with van der Waals surface area (Å²) in [6.45, 7) is 6.97. The average molecular weight is 947 g/mol. The highest BCUT2D eigenvalue weighted by atomic mass is 32.1. The molecule has 354 valence electrons. The molecule has 0 N–H and O–H groups in total. The van der Waals surface area contributed by atoms with Crippen LogP contribution >= 0.6 is 11.3 Å². The van der Waals surface area contributed by atoms with Gasteiger partial charge in [-0.2, -0.15) is 5.26 Å². The number of nitrogens with zero attached hydrogens (tertiary/aromatic N) is 4. The van der Waals surface area contributed by atoms with E-state index in [9.17, 15) is 13.6 Å². The molecule has 3 unspecified atom stereocenters. The molecule has 2 aliphatic rings. The molecule has 1 saturated heterocycles. The van der Waals surface area contributed by atoms with Gasteiger partial charge in [0.15, 0.2) is 22.2 Å². The normalized spacial score (nSPS) is 18.1. The van der Waals surface area contributed by atoms with Crippen molar-refractivity contribution in [2.24, 2.45) is 22.4 Å². The second-order valence-electron chi connectivity index (χ2n) is 17.9. The second kappa shape index (κ2) is 21.9. The maximum Gasteiger partial charge on any atom is 0.338 e. The van der Waals surface area contributed by atoms with Gasteiger partial charge in [0.1, 0.15) is 23.8 Å². The lowest BCUT2D eigenvalue weighted by molar-refractivity contribution is -0.150. The summed E-state index contributed by atoms with van der Waals surface area (Å²) in [5, 5.41) is 9.07. The number of halogens is 4. The Kier molecular flexibility index (Phi) is 15.5. The summed E-state index contributed by atoms with van der Waals surface area (Å²) >= 11 is 1.47. The number of aliphatic imine (C=N–C) groups is 1. The quantitative estimate of drug-likeness (QED) is 0.0368. The van der Waals surface area contributed by atoms with E-state index in [1.807, 2.05) is 73.1 Å². The molecule has 9 nitrogen and oxygen atoms in total. The Bertz CT molecular complexity index is 2880. The lowest BCUT2D eigenvalue weighted by atomic mass is 9.78. The molecule has 0 spiro atoms. The number of aryl methyl sites for hydroxylation is 2. The van der Waals surface area contributed by atoms with Crippen LogP contribution in [0.2, 0.25) is 0 Å². The van der Waals surface area contributed by atoms with Crippen LogP contribution in [0.4, 0.5) is 23.2 Å². The van der Waals surface area contributed by atoms with Gasteiger partial charge in [-0.05, 0) is 116 Å². The Morgan fingerprint density at radius 1 is 0.897 bits per heavy atom. The first-order valence-corrected chi connectivity index (χ1v) is 24.0. The van der Waals surface area contributed by atoms with E-state index in [-0.39, 0.29) is 40.9 Å². The van der Waals surface area contributed by atoms with E-state index in [1.54, 1.807) is 12.1 Å². The van der Waals surface area contributed by atoms with Crippen molar-refractivity contribution in [1.82, 2.24) is 4.57 Å². The molecular weight excluding hydrogens is 893 g/mol. The molecular formula is C54H54F4N4O5S. The van der Waals surface area contributed by atoms with E-state index in [1.165, 1.54) is 35.8 Å².